The van der Waals surface area contributed by atoms with E-state index in [-0.39, 0.29) is 11.9 Å². The van der Waals surface area contributed by atoms with E-state index in [1.165, 1.54) is 12.1 Å². The lowest BCUT2D eigenvalue weighted by molar-refractivity contribution is -0.137. The number of anilines is 1. The fraction of sp³-hybridized carbons (Fsp3) is 0.500. The van der Waals surface area contributed by atoms with Crippen LogP contribution in [0.4, 0.5) is 18.9 Å². The van der Waals surface area contributed by atoms with E-state index in [2.05, 4.69) is 10.2 Å². The van der Waals surface area contributed by atoms with Gasteiger partial charge in [0.1, 0.15) is 0 Å². The Labute approximate surface area is 115 Å². The predicted molar refractivity (Wildman–Crippen MR) is 70.3 cm³/mol. The zero-order chi connectivity index (χ0) is 14.8. The molecule has 1 aliphatic rings. The van der Waals surface area contributed by atoms with Crippen molar-refractivity contribution in [3.05, 3.63) is 29.8 Å². The molecule has 0 spiro atoms. The van der Waals surface area contributed by atoms with Crippen molar-refractivity contribution in [2.45, 2.75) is 31.5 Å². The van der Waals surface area contributed by atoms with Gasteiger partial charge in [0.2, 0.25) is 5.91 Å². The van der Waals surface area contributed by atoms with Crippen LogP contribution in [-0.4, -0.2) is 30.4 Å². The first-order chi connectivity index (χ1) is 9.36. The van der Waals surface area contributed by atoms with E-state index in [0.717, 1.165) is 31.5 Å². The van der Waals surface area contributed by atoms with E-state index >= 15 is 0 Å². The fourth-order valence-corrected chi connectivity index (χ4v) is 2.41. The molecule has 1 amide bonds. The van der Waals surface area contributed by atoms with Gasteiger partial charge in [0, 0.05) is 18.2 Å². The van der Waals surface area contributed by atoms with Crippen LogP contribution in [0, 0.1) is 0 Å². The van der Waals surface area contributed by atoms with Crippen molar-refractivity contribution < 1.29 is 18.0 Å². The second-order valence-electron chi connectivity index (χ2n) is 5.10. The molecule has 1 aromatic rings. The van der Waals surface area contributed by atoms with Gasteiger partial charge < -0.3 is 10.2 Å². The van der Waals surface area contributed by atoms with E-state index in [0.29, 0.717) is 12.1 Å². The number of halogens is 3. The number of amides is 1. The lowest BCUT2D eigenvalue weighted by Crippen LogP contribution is -2.29. The van der Waals surface area contributed by atoms with Gasteiger partial charge in [-0.25, -0.2) is 0 Å². The van der Waals surface area contributed by atoms with Crippen LogP contribution in [0.5, 0.6) is 0 Å². The Bertz CT molecular complexity index is 470. The molecular formula is C14H17F3N2O. The second kappa shape index (κ2) is 5.83. The summed E-state index contributed by atoms with van der Waals surface area (Å²) in [5, 5.41) is 2.64. The van der Waals surface area contributed by atoms with Gasteiger partial charge in [0.05, 0.1) is 5.56 Å². The summed E-state index contributed by atoms with van der Waals surface area (Å²) in [5.74, 6) is -0.163. The molecule has 110 valence electrons. The number of nitrogens with zero attached hydrogens (tertiary/aromatic N) is 1. The highest BCUT2D eigenvalue weighted by molar-refractivity contribution is 5.91. The van der Waals surface area contributed by atoms with Crippen LogP contribution in [0.25, 0.3) is 0 Å². The number of hydrogen-bond donors (Lipinski definition) is 1. The normalized spacial score (nSPS) is 20.1. The third kappa shape index (κ3) is 3.72. The van der Waals surface area contributed by atoms with Crippen LogP contribution < -0.4 is 5.32 Å². The molecule has 0 aliphatic carbocycles. The number of carbonyl (C=O) groups is 1. The van der Waals surface area contributed by atoms with E-state index in [4.69, 9.17) is 0 Å². The third-order valence-electron chi connectivity index (χ3n) is 3.59. The topological polar surface area (TPSA) is 32.3 Å². The third-order valence-corrected chi connectivity index (χ3v) is 3.59. The zero-order valence-electron chi connectivity index (χ0n) is 11.2. The molecule has 0 saturated carbocycles. The van der Waals surface area contributed by atoms with E-state index < -0.39 is 11.7 Å². The number of nitrogens with one attached hydrogen (secondary N) is 1. The molecular weight excluding hydrogens is 269 g/mol. The van der Waals surface area contributed by atoms with Crippen molar-refractivity contribution >= 4 is 11.6 Å². The van der Waals surface area contributed by atoms with Crippen LogP contribution in [0.15, 0.2) is 24.3 Å². The molecule has 2 rings (SSSR count). The molecule has 0 bridgehead atoms. The van der Waals surface area contributed by atoms with Crippen molar-refractivity contribution in [3.8, 4) is 0 Å². The second-order valence-corrected chi connectivity index (χ2v) is 5.10. The number of benzene rings is 1. The summed E-state index contributed by atoms with van der Waals surface area (Å²) < 4.78 is 37.2. The molecule has 1 N–H and O–H groups in total. The van der Waals surface area contributed by atoms with Crippen molar-refractivity contribution in [1.82, 2.24) is 4.90 Å². The maximum Gasteiger partial charge on any atom is 0.416 e. The number of alkyl halides is 3. The van der Waals surface area contributed by atoms with E-state index in [9.17, 15) is 18.0 Å². The molecule has 0 radical (unpaired) electrons. The van der Waals surface area contributed by atoms with Crippen LogP contribution in [0.1, 0.15) is 24.8 Å². The highest BCUT2D eigenvalue weighted by Gasteiger charge is 2.30. The lowest BCUT2D eigenvalue weighted by atomic mass is 10.1. The minimum Gasteiger partial charge on any atom is -0.326 e. The summed E-state index contributed by atoms with van der Waals surface area (Å²) in [6, 6.07) is 4.72. The largest absolute Gasteiger partial charge is 0.416 e. The van der Waals surface area contributed by atoms with Crippen LogP contribution in [-0.2, 0) is 11.0 Å². The molecule has 1 atom stereocenters. The molecule has 1 heterocycles. The summed E-state index contributed by atoms with van der Waals surface area (Å²) in [4.78, 5) is 14.0. The Kier molecular flexibility index (Phi) is 4.32. The van der Waals surface area contributed by atoms with Gasteiger partial charge in [0.25, 0.3) is 0 Å². The Morgan fingerprint density at radius 2 is 2.00 bits per heavy atom. The first kappa shape index (κ1) is 14.8. The Morgan fingerprint density at radius 1 is 1.35 bits per heavy atom. The number of likely N-dealkylation sites (tertiary alicyclic amines) is 1. The van der Waals surface area contributed by atoms with Gasteiger partial charge in [-0.05, 0) is 50.7 Å². The van der Waals surface area contributed by atoms with Crippen LogP contribution in [0.3, 0.4) is 0 Å². The van der Waals surface area contributed by atoms with Gasteiger partial charge in [-0.1, -0.05) is 0 Å². The Hall–Kier alpha value is -1.56. The van der Waals surface area contributed by atoms with Crippen molar-refractivity contribution in [1.29, 1.82) is 0 Å². The van der Waals surface area contributed by atoms with E-state index in [1.807, 2.05) is 7.05 Å². The molecule has 1 fully saturated rings. The molecule has 3 nitrogen and oxygen atoms in total. The summed E-state index contributed by atoms with van der Waals surface area (Å²) in [5.41, 5.74) is -0.324. The predicted octanol–water partition coefficient (Wildman–Crippen LogP) is 3.13. The molecule has 6 heteroatoms. The molecule has 1 aliphatic heterocycles. The summed E-state index contributed by atoms with van der Waals surface area (Å²) >= 11 is 0. The van der Waals surface area contributed by atoms with Gasteiger partial charge in [0.15, 0.2) is 0 Å². The first-order valence-electron chi connectivity index (χ1n) is 6.53. The number of carbonyl (C=O) groups excluding carboxylic acids is 1. The number of hydrogen-bond acceptors (Lipinski definition) is 2. The monoisotopic (exact) mass is 286 g/mol. The quantitative estimate of drug-likeness (QED) is 0.926. The lowest BCUT2D eigenvalue weighted by Gasteiger charge is -2.18. The highest BCUT2D eigenvalue weighted by Crippen LogP contribution is 2.29. The maximum absolute atomic E-state index is 12.4. The van der Waals surface area contributed by atoms with Gasteiger partial charge in [-0.2, -0.15) is 13.2 Å². The average Bonchev–Trinajstić information content (AvgIpc) is 2.74. The van der Waals surface area contributed by atoms with Gasteiger partial charge >= 0.3 is 6.18 Å². The minimum atomic E-state index is -4.35. The smallest absolute Gasteiger partial charge is 0.326 e. The summed E-state index contributed by atoms with van der Waals surface area (Å²) in [6.45, 7) is 0.984. The molecule has 1 aromatic carbocycles. The SMILES string of the molecule is CN1CCCC1CC(=O)Nc1ccc(C(F)(F)F)cc1. The van der Waals surface area contributed by atoms with Crippen LogP contribution >= 0.6 is 0 Å². The average molecular weight is 286 g/mol. The number of rotatable bonds is 3. The van der Waals surface area contributed by atoms with Crippen LogP contribution in [0.2, 0.25) is 0 Å². The fourth-order valence-electron chi connectivity index (χ4n) is 2.41. The van der Waals surface area contributed by atoms with Gasteiger partial charge in [-0.15, -0.1) is 0 Å². The molecule has 1 saturated heterocycles. The molecule has 0 aromatic heterocycles. The maximum atomic E-state index is 12.4. The Morgan fingerprint density at radius 3 is 2.50 bits per heavy atom. The zero-order valence-corrected chi connectivity index (χ0v) is 11.2. The van der Waals surface area contributed by atoms with Crippen molar-refractivity contribution in [3.63, 3.8) is 0 Å². The standard InChI is InChI=1S/C14H17F3N2O/c1-19-8-2-3-12(19)9-13(20)18-11-6-4-10(5-7-11)14(15,16)17/h4-7,12H,2-3,8-9H2,1H3,(H,18,20). The van der Waals surface area contributed by atoms with E-state index in [1.54, 1.807) is 0 Å². The van der Waals surface area contributed by atoms with Crippen molar-refractivity contribution in [2.75, 3.05) is 18.9 Å². The Balaban J connectivity index is 1.91. The minimum absolute atomic E-state index is 0.163. The highest BCUT2D eigenvalue weighted by atomic mass is 19.4. The summed E-state index contributed by atoms with van der Waals surface area (Å²) in [7, 11) is 1.98. The first-order valence-corrected chi connectivity index (χ1v) is 6.53. The molecule has 20 heavy (non-hydrogen) atoms. The summed E-state index contributed by atoms with van der Waals surface area (Å²) in [6.07, 6.45) is -1.92. The molecule has 1 unspecified atom stereocenters. The van der Waals surface area contributed by atoms with Gasteiger partial charge in [-0.3, -0.25) is 4.79 Å². The van der Waals surface area contributed by atoms with Crippen molar-refractivity contribution in [2.24, 2.45) is 0 Å².